The zero-order valence-corrected chi connectivity index (χ0v) is 17.5. The van der Waals surface area contributed by atoms with Crippen LogP contribution in [-0.2, 0) is 17.8 Å². The lowest BCUT2D eigenvalue weighted by atomic mass is 10.1. The topological polar surface area (TPSA) is 73.1 Å². The number of aryl methyl sites for hydroxylation is 2. The first-order chi connectivity index (χ1) is 15.0. The van der Waals surface area contributed by atoms with E-state index in [-0.39, 0.29) is 12.5 Å². The Kier molecular flexibility index (Phi) is 5.54. The largest absolute Gasteiger partial charge is 0.336 e. The van der Waals surface area contributed by atoms with Gasteiger partial charge in [-0.05, 0) is 55.3 Å². The summed E-state index contributed by atoms with van der Waals surface area (Å²) in [7, 11) is 0. The highest BCUT2D eigenvalue weighted by atomic mass is 16.2. The number of benzene rings is 3. The molecule has 4 rings (SSSR count). The molecular weight excluding hydrogens is 390 g/mol. The van der Waals surface area contributed by atoms with Crippen molar-refractivity contribution in [2.75, 3.05) is 5.32 Å². The zero-order chi connectivity index (χ0) is 22.0. The fraction of sp³-hybridized carbons (Fsp3) is 0.160. The van der Waals surface area contributed by atoms with E-state index in [4.69, 9.17) is 0 Å². The molecule has 6 nitrogen and oxygen atoms in total. The first kappa shape index (κ1) is 20.3. The third-order valence-electron chi connectivity index (χ3n) is 5.29. The molecule has 0 aliphatic carbocycles. The Labute approximate surface area is 179 Å². The van der Waals surface area contributed by atoms with Gasteiger partial charge in [0.2, 0.25) is 5.91 Å². The number of carbonyl (C=O) groups excluding carboxylic acids is 1. The normalized spacial score (nSPS) is 10.9. The van der Waals surface area contributed by atoms with Crippen LogP contribution in [0.25, 0.3) is 16.6 Å². The number of amides is 1. The molecule has 156 valence electrons. The van der Waals surface area contributed by atoms with Gasteiger partial charge in [-0.1, -0.05) is 48.9 Å². The average Bonchev–Trinajstić information content (AvgIpc) is 2.78. The van der Waals surface area contributed by atoms with Crippen LogP contribution in [0.2, 0.25) is 0 Å². The minimum Gasteiger partial charge on any atom is -0.325 e. The first-order valence-electron chi connectivity index (χ1n) is 10.2. The van der Waals surface area contributed by atoms with Crippen molar-refractivity contribution in [3.63, 3.8) is 0 Å². The smallest absolute Gasteiger partial charge is 0.325 e. The van der Waals surface area contributed by atoms with Crippen LogP contribution >= 0.6 is 0 Å². The summed E-state index contributed by atoms with van der Waals surface area (Å²) in [6.45, 7) is 3.79. The maximum absolute atomic E-state index is 13.3. The molecule has 0 bridgehead atoms. The fourth-order valence-corrected chi connectivity index (χ4v) is 3.56. The van der Waals surface area contributed by atoms with Crippen molar-refractivity contribution in [2.45, 2.75) is 26.8 Å². The maximum Gasteiger partial charge on any atom is 0.336 e. The third-order valence-corrected chi connectivity index (χ3v) is 5.29. The van der Waals surface area contributed by atoms with Crippen LogP contribution in [0.15, 0.2) is 82.4 Å². The lowest BCUT2D eigenvalue weighted by Gasteiger charge is -2.14. The van der Waals surface area contributed by atoms with Gasteiger partial charge in [0.15, 0.2) is 0 Å². The highest BCUT2D eigenvalue weighted by molar-refractivity contribution is 5.91. The standard InChI is InChI=1S/C25H23N3O3/c1-3-18-10-12-19(13-11-18)26-23(29)16-27-22-7-5-4-6-21(22)24(30)28(25(27)31)20-14-8-17(2)9-15-20/h4-15H,3,16H2,1-2H3,(H,26,29). The Bertz CT molecular complexity index is 1360. The van der Waals surface area contributed by atoms with Crippen molar-refractivity contribution in [2.24, 2.45) is 0 Å². The number of nitrogens with zero attached hydrogens (tertiary/aromatic N) is 2. The summed E-state index contributed by atoms with van der Waals surface area (Å²) in [5.74, 6) is -0.342. The van der Waals surface area contributed by atoms with E-state index in [0.717, 1.165) is 16.6 Å². The molecule has 0 fully saturated rings. The van der Waals surface area contributed by atoms with Gasteiger partial charge >= 0.3 is 5.69 Å². The molecule has 1 aromatic heterocycles. The van der Waals surface area contributed by atoms with E-state index in [0.29, 0.717) is 22.3 Å². The fourth-order valence-electron chi connectivity index (χ4n) is 3.56. The summed E-state index contributed by atoms with van der Waals surface area (Å²) < 4.78 is 2.46. The van der Waals surface area contributed by atoms with Gasteiger partial charge in [-0.15, -0.1) is 0 Å². The molecule has 1 N–H and O–H groups in total. The highest BCUT2D eigenvalue weighted by Gasteiger charge is 2.16. The molecule has 0 saturated heterocycles. The van der Waals surface area contributed by atoms with Gasteiger partial charge in [0, 0.05) is 5.69 Å². The van der Waals surface area contributed by atoms with E-state index >= 15 is 0 Å². The second kappa shape index (κ2) is 8.44. The zero-order valence-electron chi connectivity index (χ0n) is 17.5. The SMILES string of the molecule is CCc1ccc(NC(=O)Cn2c(=O)n(-c3ccc(C)cc3)c(=O)c3ccccc32)cc1. The van der Waals surface area contributed by atoms with Gasteiger partial charge in [-0.2, -0.15) is 0 Å². The molecule has 1 heterocycles. The van der Waals surface area contributed by atoms with Crippen LogP contribution in [0.3, 0.4) is 0 Å². The van der Waals surface area contributed by atoms with Gasteiger partial charge in [0.05, 0.1) is 16.6 Å². The molecule has 0 saturated carbocycles. The quantitative estimate of drug-likeness (QED) is 0.543. The first-order valence-corrected chi connectivity index (χ1v) is 10.2. The second-order valence-electron chi connectivity index (χ2n) is 7.46. The third kappa shape index (κ3) is 4.05. The van der Waals surface area contributed by atoms with Crippen LogP contribution in [0.1, 0.15) is 18.1 Å². The number of fused-ring (bicyclic) bond motifs is 1. The van der Waals surface area contributed by atoms with E-state index in [9.17, 15) is 14.4 Å². The van der Waals surface area contributed by atoms with Crippen molar-refractivity contribution in [3.05, 3.63) is 105 Å². The van der Waals surface area contributed by atoms with E-state index < -0.39 is 11.2 Å². The van der Waals surface area contributed by atoms with Crippen molar-refractivity contribution >= 4 is 22.5 Å². The number of aromatic nitrogens is 2. The Morgan fingerprint density at radius 1 is 0.903 bits per heavy atom. The molecule has 0 atom stereocenters. The summed E-state index contributed by atoms with van der Waals surface area (Å²) in [4.78, 5) is 39.1. The minimum absolute atomic E-state index is 0.207. The number of nitrogens with one attached hydrogen (secondary N) is 1. The van der Waals surface area contributed by atoms with E-state index in [2.05, 4.69) is 12.2 Å². The number of carbonyl (C=O) groups is 1. The lowest BCUT2D eigenvalue weighted by molar-refractivity contribution is -0.116. The Morgan fingerprint density at radius 3 is 2.26 bits per heavy atom. The van der Waals surface area contributed by atoms with Gasteiger partial charge < -0.3 is 5.32 Å². The Hall–Kier alpha value is -3.93. The summed E-state index contributed by atoms with van der Waals surface area (Å²) in [6.07, 6.45) is 0.913. The molecule has 0 unspecified atom stereocenters. The van der Waals surface area contributed by atoms with Crippen molar-refractivity contribution in [3.8, 4) is 5.69 Å². The van der Waals surface area contributed by atoms with Gasteiger partial charge in [0.1, 0.15) is 6.54 Å². The molecule has 3 aromatic carbocycles. The van der Waals surface area contributed by atoms with Gasteiger partial charge in [-0.25, -0.2) is 9.36 Å². The summed E-state index contributed by atoms with van der Waals surface area (Å²) in [5, 5.41) is 3.21. The van der Waals surface area contributed by atoms with Crippen LogP contribution in [-0.4, -0.2) is 15.0 Å². The lowest BCUT2D eigenvalue weighted by Crippen LogP contribution is -2.40. The van der Waals surface area contributed by atoms with Gasteiger partial charge in [-0.3, -0.25) is 14.2 Å². The molecule has 6 heteroatoms. The molecule has 0 aliphatic rings. The summed E-state index contributed by atoms with van der Waals surface area (Å²) >= 11 is 0. The predicted octanol–water partition coefficient (Wildman–Crippen LogP) is 3.66. The Balaban J connectivity index is 1.77. The van der Waals surface area contributed by atoms with Crippen LogP contribution in [0.5, 0.6) is 0 Å². The number of anilines is 1. The summed E-state index contributed by atoms with van der Waals surface area (Å²) in [6, 6.07) is 21.6. The molecule has 31 heavy (non-hydrogen) atoms. The molecule has 1 amide bonds. The van der Waals surface area contributed by atoms with Gasteiger partial charge in [0.25, 0.3) is 5.56 Å². The maximum atomic E-state index is 13.3. The molecule has 0 aliphatic heterocycles. The monoisotopic (exact) mass is 413 g/mol. The Morgan fingerprint density at radius 2 is 1.58 bits per heavy atom. The summed E-state index contributed by atoms with van der Waals surface area (Å²) in [5.41, 5.74) is 2.79. The second-order valence-corrected chi connectivity index (χ2v) is 7.46. The van der Waals surface area contributed by atoms with Crippen LogP contribution in [0, 0.1) is 6.92 Å². The van der Waals surface area contributed by atoms with Crippen molar-refractivity contribution in [1.82, 2.24) is 9.13 Å². The minimum atomic E-state index is -0.552. The van der Waals surface area contributed by atoms with Crippen LogP contribution in [0.4, 0.5) is 5.69 Å². The number of hydrogen-bond donors (Lipinski definition) is 1. The van der Waals surface area contributed by atoms with Crippen molar-refractivity contribution < 1.29 is 4.79 Å². The molecule has 4 aromatic rings. The molecule has 0 radical (unpaired) electrons. The molecular formula is C25H23N3O3. The molecule has 0 spiro atoms. The number of rotatable bonds is 5. The average molecular weight is 413 g/mol. The number of para-hydroxylation sites is 1. The van der Waals surface area contributed by atoms with Crippen molar-refractivity contribution in [1.29, 1.82) is 0 Å². The van der Waals surface area contributed by atoms with E-state index in [1.54, 1.807) is 36.4 Å². The van der Waals surface area contributed by atoms with Crippen LogP contribution < -0.4 is 16.6 Å². The van der Waals surface area contributed by atoms with E-state index in [1.807, 2.05) is 43.3 Å². The van der Waals surface area contributed by atoms with E-state index in [1.165, 1.54) is 10.1 Å². The number of hydrogen-bond acceptors (Lipinski definition) is 3. The highest BCUT2D eigenvalue weighted by Crippen LogP contribution is 2.13. The predicted molar refractivity (Wildman–Crippen MR) is 123 cm³/mol.